The summed E-state index contributed by atoms with van der Waals surface area (Å²) in [5.41, 5.74) is 0.262. The summed E-state index contributed by atoms with van der Waals surface area (Å²) in [5, 5.41) is 9.03. The molecule has 0 fully saturated rings. The zero-order valence-electron chi connectivity index (χ0n) is 6.97. The van der Waals surface area contributed by atoms with Crippen molar-refractivity contribution in [3.8, 4) is 5.75 Å². The second-order valence-corrected chi connectivity index (χ2v) is 3.04. The highest BCUT2D eigenvalue weighted by molar-refractivity contribution is 6.33. The number of nitrogens with zero attached hydrogens (tertiary/aromatic N) is 2. The second-order valence-electron chi connectivity index (χ2n) is 2.63. The lowest BCUT2D eigenvalue weighted by Crippen LogP contribution is -2.17. The van der Waals surface area contributed by atoms with E-state index in [0.717, 1.165) is 0 Å². The minimum atomic E-state index is -4.81. The average Bonchev–Trinajstić information content (AvgIpc) is 2.56. The van der Waals surface area contributed by atoms with Crippen molar-refractivity contribution >= 4 is 22.6 Å². The van der Waals surface area contributed by atoms with Gasteiger partial charge < -0.3 is 4.74 Å². The molecule has 1 aromatic heterocycles. The maximum atomic E-state index is 12.0. The van der Waals surface area contributed by atoms with Gasteiger partial charge >= 0.3 is 6.36 Å². The van der Waals surface area contributed by atoms with Gasteiger partial charge in [-0.25, -0.2) is 0 Å². The highest BCUT2D eigenvalue weighted by Gasteiger charge is 2.33. The molecular formula is C7H3ClF3N3O. The molecule has 2 aromatic rings. The Labute approximate surface area is 86.0 Å². The Balaban J connectivity index is 2.56. The van der Waals surface area contributed by atoms with Gasteiger partial charge in [-0.2, -0.15) is 0 Å². The van der Waals surface area contributed by atoms with Crippen molar-refractivity contribution in [2.24, 2.45) is 0 Å². The van der Waals surface area contributed by atoms with E-state index in [1.165, 1.54) is 12.1 Å². The van der Waals surface area contributed by atoms with Crippen LogP contribution in [0.5, 0.6) is 5.75 Å². The number of aromatic nitrogens is 3. The Hall–Kier alpha value is -1.50. The molecule has 0 saturated carbocycles. The first-order chi connectivity index (χ1) is 6.97. The van der Waals surface area contributed by atoms with Crippen molar-refractivity contribution in [1.82, 2.24) is 15.4 Å². The van der Waals surface area contributed by atoms with Crippen molar-refractivity contribution in [2.75, 3.05) is 0 Å². The van der Waals surface area contributed by atoms with E-state index in [-0.39, 0.29) is 10.5 Å². The van der Waals surface area contributed by atoms with Crippen molar-refractivity contribution in [1.29, 1.82) is 0 Å². The van der Waals surface area contributed by atoms with E-state index in [2.05, 4.69) is 20.1 Å². The molecule has 15 heavy (non-hydrogen) atoms. The molecule has 0 unspecified atom stereocenters. The van der Waals surface area contributed by atoms with Crippen LogP contribution in [-0.4, -0.2) is 21.8 Å². The lowest BCUT2D eigenvalue weighted by atomic mass is 10.3. The molecule has 8 heteroatoms. The van der Waals surface area contributed by atoms with Crippen molar-refractivity contribution < 1.29 is 17.9 Å². The van der Waals surface area contributed by atoms with Crippen LogP contribution >= 0.6 is 11.6 Å². The molecule has 0 atom stereocenters. The molecule has 0 amide bonds. The van der Waals surface area contributed by atoms with Crippen LogP contribution < -0.4 is 4.74 Å². The molecule has 1 heterocycles. The van der Waals surface area contributed by atoms with Gasteiger partial charge in [0.1, 0.15) is 0 Å². The van der Waals surface area contributed by atoms with Crippen LogP contribution in [0.1, 0.15) is 0 Å². The van der Waals surface area contributed by atoms with Gasteiger partial charge in [0.2, 0.25) is 0 Å². The SMILES string of the molecule is FC(F)(F)Oc1c(Cl)ccc2[nH]nnc12. The summed E-state index contributed by atoms with van der Waals surface area (Å²) in [6.45, 7) is 0. The second kappa shape index (κ2) is 3.27. The van der Waals surface area contributed by atoms with Gasteiger partial charge in [-0.15, -0.1) is 18.3 Å². The summed E-state index contributed by atoms with van der Waals surface area (Å²) in [6.07, 6.45) is -4.81. The Morgan fingerprint density at radius 1 is 1.33 bits per heavy atom. The molecule has 4 nitrogen and oxygen atoms in total. The average molecular weight is 238 g/mol. The van der Waals surface area contributed by atoms with Gasteiger partial charge in [0, 0.05) is 0 Å². The molecule has 0 spiro atoms. The predicted octanol–water partition coefficient (Wildman–Crippen LogP) is 2.51. The number of ether oxygens (including phenoxy) is 1. The predicted molar refractivity (Wildman–Crippen MR) is 45.6 cm³/mol. The number of benzene rings is 1. The molecule has 2 rings (SSSR count). The molecule has 0 radical (unpaired) electrons. The smallest absolute Gasteiger partial charge is 0.402 e. The summed E-state index contributed by atoms with van der Waals surface area (Å²) in [5.74, 6) is -0.546. The van der Waals surface area contributed by atoms with E-state index in [4.69, 9.17) is 11.6 Å². The molecule has 80 valence electrons. The number of H-pyrrole nitrogens is 1. The van der Waals surface area contributed by atoms with Gasteiger partial charge in [0.25, 0.3) is 0 Å². The van der Waals surface area contributed by atoms with Crippen LogP contribution in [-0.2, 0) is 0 Å². The van der Waals surface area contributed by atoms with Crippen molar-refractivity contribution in [2.45, 2.75) is 6.36 Å². The Morgan fingerprint density at radius 3 is 2.73 bits per heavy atom. The van der Waals surface area contributed by atoms with Crippen molar-refractivity contribution in [3.05, 3.63) is 17.2 Å². The number of hydrogen-bond acceptors (Lipinski definition) is 3. The zero-order chi connectivity index (χ0) is 11.1. The van der Waals surface area contributed by atoms with Crippen LogP contribution in [0.25, 0.3) is 11.0 Å². The lowest BCUT2D eigenvalue weighted by Gasteiger charge is -2.09. The molecule has 1 N–H and O–H groups in total. The van der Waals surface area contributed by atoms with E-state index in [9.17, 15) is 13.2 Å². The van der Waals surface area contributed by atoms with Gasteiger partial charge in [0.05, 0.1) is 10.5 Å². The minimum Gasteiger partial charge on any atom is -0.402 e. The van der Waals surface area contributed by atoms with Crippen LogP contribution in [0, 0.1) is 0 Å². The fourth-order valence-corrected chi connectivity index (χ4v) is 1.27. The minimum absolute atomic E-state index is 0.0557. The van der Waals surface area contributed by atoms with E-state index in [1.807, 2.05) is 0 Å². The maximum absolute atomic E-state index is 12.0. The molecule has 0 bridgehead atoms. The van der Waals surface area contributed by atoms with Gasteiger partial charge in [-0.05, 0) is 12.1 Å². The fourth-order valence-electron chi connectivity index (χ4n) is 1.08. The third-order valence-electron chi connectivity index (χ3n) is 1.62. The number of aromatic amines is 1. The van der Waals surface area contributed by atoms with E-state index in [0.29, 0.717) is 5.52 Å². The third kappa shape index (κ3) is 1.96. The monoisotopic (exact) mass is 237 g/mol. The zero-order valence-corrected chi connectivity index (χ0v) is 7.73. The fraction of sp³-hybridized carbons (Fsp3) is 0.143. The highest BCUT2D eigenvalue weighted by atomic mass is 35.5. The van der Waals surface area contributed by atoms with Crippen LogP contribution in [0.3, 0.4) is 0 Å². The standard InChI is InChI=1S/C7H3ClF3N3O/c8-3-1-2-4-5(13-14-12-4)6(3)15-7(9,10)11/h1-2H,(H,12,13,14). The Morgan fingerprint density at radius 2 is 2.07 bits per heavy atom. The first kappa shape index (κ1) is 10.0. The van der Waals surface area contributed by atoms with Gasteiger partial charge in [-0.1, -0.05) is 16.8 Å². The first-order valence-electron chi connectivity index (χ1n) is 3.72. The molecular weight excluding hydrogens is 235 g/mol. The molecule has 0 aliphatic carbocycles. The number of halogens is 4. The summed E-state index contributed by atoms with van der Waals surface area (Å²) in [4.78, 5) is 0. The molecule has 0 aliphatic rings. The number of fused-ring (bicyclic) bond motifs is 1. The van der Waals surface area contributed by atoms with E-state index < -0.39 is 12.1 Å². The van der Waals surface area contributed by atoms with Crippen LogP contribution in [0.4, 0.5) is 13.2 Å². The van der Waals surface area contributed by atoms with Crippen molar-refractivity contribution in [3.63, 3.8) is 0 Å². The maximum Gasteiger partial charge on any atom is 0.573 e. The normalized spacial score (nSPS) is 12.0. The Bertz CT molecular complexity index is 496. The van der Waals surface area contributed by atoms with Gasteiger partial charge in [0.15, 0.2) is 11.3 Å². The number of nitrogens with one attached hydrogen (secondary N) is 1. The quantitative estimate of drug-likeness (QED) is 0.829. The summed E-state index contributed by atoms with van der Waals surface area (Å²) in [7, 11) is 0. The first-order valence-corrected chi connectivity index (χ1v) is 4.10. The van der Waals surface area contributed by atoms with E-state index >= 15 is 0 Å². The van der Waals surface area contributed by atoms with E-state index in [1.54, 1.807) is 0 Å². The highest BCUT2D eigenvalue weighted by Crippen LogP contribution is 2.34. The molecule has 0 saturated heterocycles. The molecule has 0 aliphatic heterocycles. The Kier molecular flexibility index (Phi) is 2.18. The van der Waals surface area contributed by atoms with Crippen LogP contribution in [0.15, 0.2) is 12.1 Å². The summed E-state index contributed by atoms with van der Waals surface area (Å²) in [6, 6.07) is 2.73. The number of hydrogen-bond donors (Lipinski definition) is 1. The third-order valence-corrected chi connectivity index (χ3v) is 1.92. The topological polar surface area (TPSA) is 50.8 Å². The van der Waals surface area contributed by atoms with Crippen LogP contribution in [0.2, 0.25) is 5.02 Å². The molecule has 1 aromatic carbocycles. The summed E-state index contributed by atoms with van der Waals surface area (Å²) >= 11 is 5.56. The number of alkyl halides is 3. The summed E-state index contributed by atoms with van der Waals surface area (Å²) < 4.78 is 39.8. The number of rotatable bonds is 1. The lowest BCUT2D eigenvalue weighted by molar-refractivity contribution is -0.274. The van der Waals surface area contributed by atoms with Gasteiger partial charge in [-0.3, -0.25) is 5.10 Å². The largest absolute Gasteiger partial charge is 0.573 e.